The fourth-order valence-electron chi connectivity index (χ4n) is 2.71. The van der Waals surface area contributed by atoms with Crippen molar-refractivity contribution >= 4 is 22.5 Å². The first-order chi connectivity index (χ1) is 11.2. The molecule has 0 radical (unpaired) electrons. The zero-order chi connectivity index (χ0) is 16.2. The van der Waals surface area contributed by atoms with E-state index in [0.717, 1.165) is 29.8 Å². The Morgan fingerprint density at radius 2 is 1.74 bits per heavy atom. The van der Waals surface area contributed by atoms with Gasteiger partial charge in [-0.2, -0.15) is 0 Å². The second-order valence-electron chi connectivity index (χ2n) is 5.38. The van der Waals surface area contributed by atoms with E-state index < -0.39 is 0 Å². The lowest BCUT2D eigenvalue weighted by molar-refractivity contribution is 0.0968. The molecule has 1 aromatic heterocycles. The predicted molar refractivity (Wildman–Crippen MR) is 91.9 cm³/mol. The van der Waals surface area contributed by atoms with Crippen LogP contribution < -0.4 is 4.90 Å². The molecule has 0 saturated heterocycles. The number of hydrogen-bond acceptors (Lipinski definition) is 4. The Morgan fingerprint density at radius 3 is 2.43 bits per heavy atom. The van der Waals surface area contributed by atoms with Crippen molar-refractivity contribution in [1.29, 1.82) is 0 Å². The van der Waals surface area contributed by atoms with Gasteiger partial charge >= 0.3 is 0 Å². The third-order valence-corrected chi connectivity index (χ3v) is 4.03. The predicted octanol–water partition coefficient (Wildman–Crippen LogP) is 3.16. The van der Waals surface area contributed by atoms with Gasteiger partial charge in [0, 0.05) is 24.3 Å². The third kappa shape index (κ3) is 3.08. The maximum atomic E-state index is 12.5. The fraction of sp³-hybridized carbons (Fsp3) is 0.278. The first kappa shape index (κ1) is 15.2. The van der Waals surface area contributed by atoms with Gasteiger partial charge in [0.2, 0.25) is 0 Å². The molecular formula is C18H20N4O. The Bertz CT molecular complexity index is 803. The summed E-state index contributed by atoms with van der Waals surface area (Å²) in [7, 11) is 0. The number of ketones is 1. The number of rotatable bonds is 6. The SMILES string of the molecule is CCN(CC)c1ccc(C(=O)Cn2nnc3ccccc32)cc1. The quantitative estimate of drug-likeness (QED) is 0.656. The summed E-state index contributed by atoms with van der Waals surface area (Å²) in [5, 5.41) is 8.15. The van der Waals surface area contributed by atoms with Gasteiger partial charge in [0.05, 0.1) is 5.52 Å². The number of benzene rings is 2. The number of nitrogens with zero attached hydrogens (tertiary/aromatic N) is 4. The van der Waals surface area contributed by atoms with E-state index in [4.69, 9.17) is 0 Å². The van der Waals surface area contributed by atoms with Gasteiger partial charge in [-0.15, -0.1) is 5.10 Å². The molecule has 0 unspecified atom stereocenters. The van der Waals surface area contributed by atoms with E-state index in [1.54, 1.807) is 4.68 Å². The maximum absolute atomic E-state index is 12.5. The number of hydrogen-bond donors (Lipinski definition) is 0. The highest BCUT2D eigenvalue weighted by Gasteiger charge is 2.11. The number of fused-ring (bicyclic) bond motifs is 1. The third-order valence-electron chi connectivity index (χ3n) is 4.03. The molecule has 0 fully saturated rings. The molecule has 23 heavy (non-hydrogen) atoms. The van der Waals surface area contributed by atoms with Gasteiger partial charge in [0.15, 0.2) is 5.78 Å². The molecular weight excluding hydrogens is 288 g/mol. The number of Topliss-reactive ketones (excluding diaryl/α,β-unsaturated/α-hetero) is 1. The second-order valence-corrected chi connectivity index (χ2v) is 5.38. The standard InChI is InChI=1S/C18H20N4O/c1-3-21(4-2)15-11-9-14(10-12-15)18(23)13-22-17-8-6-5-7-16(17)19-20-22/h5-12H,3-4,13H2,1-2H3. The van der Waals surface area contributed by atoms with Gasteiger partial charge in [-0.3, -0.25) is 4.79 Å². The summed E-state index contributed by atoms with van der Waals surface area (Å²) in [5.74, 6) is 0.0340. The average molecular weight is 308 g/mol. The smallest absolute Gasteiger partial charge is 0.184 e. The van der Waals surface area contributed by atoms with Gasteiger partial charge in [0.25, 0.3) is 0 Å². The van der Waals surface area contributed by atoms with Crippen LogP contribution in [0.4, 0.5) is 5.69 Å². The monoisotopic (exact) mass is 308 g/mol. The van der Waals surface area contributed by atoms with Gasteiger partial charge in [-0.05, 0) is 50.2 Å². The van der Waals surface area contributed by atoms with Crippen LogP contribution >= 0.6 is 0 Å². The number of carbonyl (C=O) groups excluding carboxylic acids is 1. The zero-order valence-corrected chi connectivity index (χ0v) is 13.4. The number of carbonyl (C=O) groups is 1. The summed E-state index contributed by atoms with van der Waals surface area (Å²) in [6.45, 7) is 6.35. The van der Waals surface area contributed by atoms with Crippen molar-refractivity contribution in [1.82, 2.24) is 15.0 Å². The Labute approximate surface area is 135 Å². The lowest BCUT2D eigenvalue weighted by Gasteiger charge is -2.21. The van der Waals surface area contributed by atoms with Crippen LogP contribution in [0.3, 0.4) is 0 Å². The molecule has 0 aliphatic heterocycles. The van der Waals surface area contributed by atoms with Crippen molar-refractivity contribution in [3.05, 3.63) is 54.1 Å². The van der Waals surface area contributed by atoms with Crippen LogP contribution in [0.25, 0.3) is 11.0 Å². The van der Waals surface area contributed by atoms with Crippen LogP contribution in [0.5, 0.6) is 0 Å². The van der Waals surface area contributed by atoms with E-state index in [1.165, 1.54) is 0 Å². The van der Waals surface area contributed by atoms with Crippen LogP contribution in [0.15, 0.2) is 48.5 Å². The Kier molecular flexibility index (Phi) is 4.37. The first-order valence-corrected chi connectivity index (χ1v) is 7.89. The molecule has 0 aliphatic carbocycles. The normalized spacial score (nSPS) is 10.9. The lowest BCUT2D eigenvalue weighted by Crippen LogP contribution is -2.21. The van der Waals surface area contributed by atoms with Crippen molar-refractivity contribution in [2.75, 3.05) is 18.0 Å². The molecule has 3 rings (SSSR count). The summed E-state index contributed by atoms with van der Waals surface area (Å²) in [6.07, 6.45) is 0. The lowest BCUT2D eigenvalue weighted by atomic mass is 10.1. The second kappa shape index (κ2) is 6.60. The highest BCUT2D eigenvalue weighted by Crippen LogP contribution is 2.16. The minimum absolute atomic E-state index is 0.0340. The molecule has 0 bridgehead atoms. The summed E-state index contributed by atoms with van der Waals surface area (Å²) < 4.78 is 1.65. The summed E-state index contributed by atoms with van der Waals surface area (Å²) in [4.78, 5) is 14.7. The average Bonchev–Trinajstić information content (AvgIpc) is 3.00. The molecule has 0 atom stereocenters. The van der Waals surface area contributed by atoms with Crippen molar-refractivity contribution in [2.45, 2.75) is 20.4 Å². The summed E-state index contributed by atoms with van der Waals surface area (Å²) in [5.41, 5.74) is 3.51. The van der Waals surface area contributed by atoms with Crippen molar-refractivity contribution < 1.29 is 4.79 Å². The zero-order valence-electron chi connectivity index (χ0n) is 13.4. The van der Waals surface area contributed by atoms with E-state index >= 15 is 0 Å². The van der Waals surface area contributed by atoms with E-state index in [9.17, 15) is 4.79 Å². The number of para-hydroxylation sites is 1. The van der Waals surface area contributed by atoms with E-state index in [-0.39, 0.29) is 12.3 Å². The Morgan fingerprint density at radius 1 is 1.04 bits per heavy atom. The van der Waals surface area contributed by atoms with E-state index in [2.05, 4.69) is 29.1 Å². The van der Waals surface area contributed by atoms with Gasteiger partial charge < -0.3 is 4.90 Å². The first-order valence-electron chi connectivity index (χ1n) is 7.89. The largest absolute Gasteiger partial charge is 0.372 e. The molecule has 5 heteroatoms. The highest BCUT2D eigenvalue weighted by atomic mass is 16.1. The highest BCUT2D eigenvalue weighted by molar-refractivity contribution is 5.96. The van der Waals surface area contributed by atoms with Crippen LogP contribution in [-0.2, 0) is 6.54 Å². The van der Waals surface area contributed by atoms with Gasteiger partial charge in [-0.1, -0.05) is 17.3 Å². The molecule has 1 heterocycles. The summed E-state index contributed by atoms with van der Waals surface area (Å²) in [6, 6.07) is 15.4. The minimum Gasteiger partial charge on any atom is -0.372 e. The van der Waals surface area contributed by atoms with Crippen LogP contribution in [0.2, 0.25) is 0 Å². The molecule has 0 N–H and O–H groups in total. The molecule has 0 spiro atoms. The van der Waals surface area contributed by atoms with Crippen LogP contribution in [-0.4, -0.2) is 33.9 Å². The molecule has 5 nitrogen and oxygen atoms in total. The topological polar surface area (TPSA) is 51.0 Å². The molecule has 2 aromatic carbocycles. The maximum Gasteiger partial charge on any atom is 0.184 e. The van der Waals surface area contributed by atoms with E-state index in [0.29, 0.717) is 5.56 Å². The number of aromatic nitrogens is 3. The molecule has 118 valence electrons. The summed E-state index contributed by atoms with van der Waals surface area (Å²) >= 11 is 0. The van der Waals surface area contributed by atoms with Gasteiger partial charge in [0.1, 0.15) is 12.1 Å². The molecule has 0 amide bonds. The number of anilines is 1. The van der Waals surface area contributed by atoms with Crippen LogP contribution in [0.1, 0.15) is 24.2 Å². The molecule has 3 aromatic rings. The van der Waals surface area contributed by atoms with Crippen molar-refractivity contribution in [3.63, 3.8) is 0 Å². The Balaban J connectivity index is 1.78. The Hall–Kier alpha value is -2.69. The molecule has 0 saturated carbocycles. The van der Waals surface area contributed by atoms with Crippen molar-refractivity contribution in [2.24, 2.45) is 0 Å². The van der Waals surface area contributed by atoms with Crippen molar-refractivity contribution in [3.8, 4) is 0 Å². The minimum atomic E-state index is 0.0340. The fourth-order valence-corrected chi connectivity index (χ4v) is 2.71. The van der Waals surface area contributed by atoms with E-state index in [1.807, 2.05) is 48.5 Å². The van der Waals surface area contributed by atoms with Gasteiger partial charge in [-0.25, -0.2) is 4.68 Å². The van der Waals surface area contributed by atoms with Crippen LogP contribution in [0, 0.1) is 0 Å². The molecule has 0 aliphatic rings.